The van der Waals surface area contributed by atoms with Crippen molar-refractivity contribution >= 4 is 34.8 Å². The van der Waals surface area contributed by atoms with E-state index in [2.05, 4.69) is 10.6 Å². The van der Waals surface area contributed by atoms with Gasteiger partial charge in [-0.3, -0.25) is 9.59 Å². The van der Waals surface area contributed by atoms with Gasteiger partial charge in [0.2, 0.25) is 5.91 Å². The van der Waals surface area contributed by atoms with Crippen LogP contribution in [-0.2, 0) is 4.79 Å². The van der Waals surface area contributed by atoms with Gasteiger partial charge in [-0.25, -0.2) is 0 Å². The first-order valence-corrected chi connectivity index (χ1v) is 10.6. The molecule has 0 fully saturated rings. The van der Waals surface area contributed by atoms with Crippen LogP contribution >= 0.6 is 11.6 Å². The second kappa shape index (κ2) is 10.6. The average Bonchev–Trinajstić information content (AvgIpc) is 2.78. The highest BCUT2D eigenvalue weighted by atomic mass is 35.5. The predicted molar refractivity (Wildman–Crippen MR) is 125 cm³/mol. The highest BCUT2D eigenvalue weighted by Gasteiger charge is 2.20. The molecule has 0 saturated heterocycles. The number of carbonyl (C=O) groups is 2. The first kappa shape index (κ1) is 22.4. The van der Waals surface area contributed by atoms with Crippen molar-refractivity contribution in [3.05, 3.63) is 88.9 Å². The molecule has 0 aromatic heterocycles. The monoisotopic (exact) mass is 436 g/mol. The van der Waals surface area contributed by atoms with Gasteiger partial charge in [0.25, 0.3) is 5.91 Å². The van der Waals surface area contributed by atoms with E-state index in [-0.39, 0.29) is 17.7 Å². The van der Waals surface area contributed by atoms with Crippen LogP contribution in [0.5, 0.6) is 5.75 Å². The van der Waals surface area contributed by atoms with Crippen LogP contribution in [0.4, 0.5) is 11.4 Å². The number of halogens is 1. The molecule has 6 heteroatoms. The lowest BCUT2D eigenvalue weighted by molar-refractivity contribution is -0.117. The summed E-state index contributed by atoms with van der Waals surface area (Å²) in [6, 6.07) is 21.6. The van der Waals surface area contributed by atoms with Gasteiger partial charge in [-0.15, -0.1) is 0 Å². The van der Waals surface area contributed by atoms with Crippen molar-refractivity contribution < 1.29 is 14.3 Å². The molecule has 31 heavy (non-hydrogen) atoms. The molecule has 0 radical (unpaired) electrons. The first-order chi connectivity index (χ1) is 15.0. The SMILES string of the molecule is CCOc1ccccc1NC(=O)c1ccc(Cl)c(NC(=O)[C@@H](CC)c2ccccc2)c1. The van der Waals surface area contributed by atoms with Gasteiger partial charge >= 0.3 is 0 Å². The molecule has 0 aliphatic carbocycles. The molecular formula is C25H25ClN2O3. The zero-order valence-corrected chi connectivity index (χ0v) is 18.3. The summed E-state index contributed by atoms with van der Waals surface area (Å²) in [6.07, 6.45) is 0.641. The van der Waals surface area contributed by atoms with Crippen molar-refractivity contribution in [2.24, 2.45) is 0 Å². The predicted octanol–water partition coefficient (Wildman–Crippen LogP) is 6.12. The van der Waals surface area contributed by atoms with Crippen LogP contribution in [0.3, 0.4) is 0 Å². The van der Waals surface area contributed by atoms with Crippen molar-refractivity contribution in [2.75, 3.05) is 17.2 Å². The van der Waals surface area contributed by atoms with Crippen LogP contribution in [0.2, 0.25) is 5.02 Å². The Labute approximate surface area is 187 Å². The average molecular weight is 437 g/mol. The van der Waals surface area contributed by atoms with Gasteiger partial charge in [0, 0.05) is 5.56 Å². The van der Waals surface area contributed by atoms with Crippen molar-refractivity contribution in [2.45, 2.75) is 26.2 Å². The molecule has 3 aromatic carbocycles. The molecule has 1 atom stereocenters. The molecule has 5 nitrogen and oxygen atoms in total. The number of ether oxygens (including phenoxy) is 1. The van der Waals surface area contributed by atoms with Gasteiger partial charge in [-0.05, 0) is 49.2 Å². The maximum atomic E-state index is 12.9. The molecule has 0 aliphatic rings. The lowest BCUT2D eigenvalue weighted by Crippen LogP contribution is -2.21. The Hall–Kier alpha value is -3.31. The molecule has 3 rings (SSSR count). The van der Waals surface area contributed by atoms with Crippen LogP contribution in [0.1, 0.15) is 42.1 Å². The Bertz CT molecular complexity index is 1050. The number of amides is 2. The van der Waals surface area contributed by atoms with Gasteiger partial charge in [-0.2, -0.15) is 0 Å². The standard InChI is InChI=1S/C25H25ClN2O3/c1-3-19(17-10-6-5-7-11-17)25(30)28-22-16-18(14-15-20(22)26)24(29)27-21-12-8-9-13-23(21)31-4-2/h5-16,19H,3-4H2,1-2H3,(H,27,29)(H,28,30)/t19-/m0/s1. The van der Waals surface area contributed by atoms with Gasteiger partial charge in [0.05, 0.1) is 28.9 Å². The molecule has 160 valence electrons. The van der Waals surface area contributed by atoms with E-state index in [1.54, 1.807) is 30.3 Å². The van der Waals surface area contributed by atoms with Crippen LogP contribution in [0.25, 0.3) is 0 Å². The summed E-state index contributed by atoms with van der Waals surface area (Å²) < 4.78 is 5.56. The lowest BCUT2D eigenvalue weighted by Gasteiger charge is -2.17. The minimum absolute atomic E-state index is 0.171. The van der Waals surface area contributed by atoms with E-state index in [1.165, 1.54) is 0 Å². The van der Waals surface area contributed by atoms with E-state index in [0.717, 1.165) is 5.56 Å². The molecule has 0 bridgehead atoms. The van der Waals surface area contributed by atoms with Crippen LogP contribution < -0.4 is 15.4 Å². The number of carbonyl (C=O) groups excluding carboxylic acids is 2. The van der Waals surface area contributed by atoms with Crippen LogP contribution in [0.15, 0.2) is 72.8 Å². The van der Waals surface area contributed by atoms with Gasteiger partial charge in [0.1, 0.15) is 5.75 Å². The first-order valence-electron chi connectivity index (χ1n) is 10.2. The Kier molecular flexibility index (Phi) is 7.68. The minimum Gasteiger partial charge on any atom is -0.492 e. The summed E-state index contributed by atoms with van der Waals surface area (Å²) in [5, 5.41) is 6.09. The molecule has 0 heterocycles. The Morgan fingerprint density at radius 2 is 1.61 bits per heavy atom. The van der Waals surface area contributed by atoms with E-state index in [1.807, 2.05) is 56.3 Å². The third-order valence-electron chi connectivity index (χ3n) is 4.85. The van der Waals surface area contributed by atoms with E-state index < -0.39 is 0 Å². The number of nitrogens with one attached hydrogen (secondary N) is 2. The summed E-state index contributed by atoms with van der Waals surface area (Å²) in [7, 11) is 0. The van der Waals surface area contributed by atoms with Gasteiger partial charge in [-0.1, -0.05) is 61.0 Å². The van der Waals surface area contributed by atoms with Crippen LogP contribution in [0, 0.1) is 0 Å². The van der Waals surface area contributed by atoms with E-state index in [0.29, 0.717) is 40.7 Å². The number of rotatable bonds is 8. The number of anilines is 2. The third kappa shape index (κ3) is 5.64. The fraction of sp³-hybridized carbons (Fsp3) is 0.200. The summed E-state index contributed by atoms with van der Waals surface area (Å²) in [4.78, 5) is 25.7. The quantitative estimate of drug-likeness (QED) is 0.446. The van der Waals surface area contributed by atoms with Crippen molar-refractivity contribution in [1.29, 1.82) is 0 Å². The maximum absolute atomic E-state index is 12.9. The molecule has 3 aromatic rings. The van der Waals surface area contributed by atoms with E-state index in [4.69, 9.17) is 16.3 Å². The largest absolute Gasteiger partial charge is 0.492 e. The zero-order chi connectivity index (χ0) is 22.2. The van der Waals surface area contributed by atoms with Gasteiger partial charge in [0.15, 0.2) is 0 Å². The summed E-state index contributed by atoms with van der Waals surface area (Å²) in [5.41, 5.74) is 2.27. The van der Waals surface area contributed by atoms with Gasteiger partial charge < -0.3 is 15.4 Å². The second-order valence-electron chi connectivity index (χ2n) is 6.94. The molecular weight excluding hydrogens is 412 g/mol. The fourth-order valence-electron chi connectivity index (χ4n) is 3.29. The number of benzene rings is 3. The molecule has 0 saturated carbocycles. The number of hydrogen-bond acceptors (Lipinski definition) is 3. The Morgan fingerprint density at radius 3 is 2.32 bits per heavy atom. The van der Waals surface area contributed by atoms with E-state index >= 15 is 0 Å². The molecule has 2 amide bonds. The van der Waals surface area contributed by atoms with Crippen LogP contribution in [-0.4, -0.2) is 18.4 Å². The van der Waals surface area contributed by atoms with Crippen molar-refractivity contribution in [3.8, 4) is 5.75 Å². The number of para-hydroxylation sites is 2. The second-order valence-corrected chi connectivity index (χ2v) is 7.35. The summed E-state index contributed by atoms with van der Waals surface area (Å²) in [6.45, 7) is 4.33. The fourth-order valence-corrected chi connectivity index (χ4v) is 3.45. The molecule has 0 unspecified atom stereocenters. The highest BCUT2D eigenvalue weighted by Crippen LogP contribution is 2.28. The Balaban J connectivity index is 1.78. The summed E-state index contributed by atoms with van der Waals surface area (Å²) >= 11 is 6.30. The van der Waals surface area contributed by atoms with Crippen molar-refractivity contribution in [1.82, 2.24) is 0 Å². The summed E-state index contributed by atoms with van der Waals surface area (Å²) in [5.74, 6) is -0.216. The third-order valence-corrected chi connectivity index (χ3v) is 5.18. The normalized spacial score (nSPS) is 11.5. The minimum atomic E-state index is -0.325. The highest BCUT2D eigenvalue weighted by molar-refractivity contribution is 6.34. The molecule has 0 spiro atoms. The molecule has 2 N–H and O–H groups in total. The Morgan fingerprint density at radius 1 is 0.903 bits per heavy atom. The molecule has 0 aliphatic heterocycles. The van der Waals surface area contributed by atoms with Crippen molar-refractivity contribution in [3.63, 3.8) is 0 Å². The smallest absolute Gasteiger partial charge is 0.255 e. The lowest BCUT2D eigenvalue weighted by atomic mass is 9.95. The topological polar surface area (TPSA) is 67.4 Å². The van der Waals surface area contributed by atoms with E-state index in [9.17, 15) is 9.59 Å². The zero-order valence-electron chi connectivity index (χ0n) is 17.5. The number of hydrogen-bond donors (Lipinski definition) is 2. The maximum Gasteiger partial charge on any atom is 0.255 e.